The van der Waals surface area contributed by atoms with Gasteiger partial charge in [0.05, 0.1) is 5.71 Å². The van der Waals surface area contributed by atoms with Gasteiger partial charge in [0.15, 0.2) is 0 Å². The van der Waals surface area contributed by atoms with E-state index in [9.17, 15) is 0 Å². The van der Waals surface area contributed by atoms with Gasteiger partial charge in [-0.1, -0.05) is 36.4 Å². The monoisotopic (exact) mass is 210 g/mol. The van der Waals surface area contributed by atoms with Crippen molar-refractivity contribution in [2.75, 3.05) is 0 Å². The van der Waals surface area contributed by atoms with E-state index in [4.69, 9.17) is 5.84 Å². The zero-order valence-corrected chi connectivity index (χ0v) is 9.11. The van der Waals surface area contributed by atoms with Gasteiger partial charge in [-0.05, 0) is 35.6 Å². The van der Waals surface area contributed by atoms with Gasteiger partial charge in [-0.25, -0.2) is 0 Å². The van der Waals surface area contributed by atoms with Crippen molar-refractivity contribution in [1.82, 2.24) is 0 Å². The highest BCUT2D eigenvalue weighted by atomic mass is 15.1. The maximum absolute atomic E-state index is 5.50. The molecule has 0 atom stereocenters. The average molecular weight is 210 g/mol. The van der Waals surface area contributed by atoms with Gasteiger partial charge in [0.2, 0.25) is 0 Å². The molecule has 2 aromatic carbocycles. The molecule has 80 valence electrons. The maximum atomic E-state index is 5.50. The highest BCUT2D eigenvalue weighted by Crippen LogP contribution is 2.29. The molecule has 16 heavy (non-hydrogen) atoms. The van der Waals surface area contributed by atoms with Crippen LogP contribution in [-0.4, -0.2) is 5.71 Å². The minimum atomic E-state index is 0.998. The van der Waals surface area contributed by atoms with Crippen LogP contribution in [0.1, 0.15) is 24.0 Å². The first kappa shape index (κ1) is 9.40. The van der Waals surface area contributed by atoms with Crippen molar-refractivity contribution in [3.8, 4) is 0 Å². The summed E-state index contributed by atoms with van der Waals surface area (Å²) in [6.07, 6.45) is 3.29. The van der Waals surface area contributed by atoms with Crippen LogP contribution in [0.4, 0.5) is 0 Å². The van der Waals surface area contributed by atoms with E-state index >= 15 is 0 Å². The molecule has 3 rings (SSSR count). The summed E-state index contributed by atoms with van der Waals surface area (Å²) in [5, 5.41) is 6.50. The molecule has 0 saturated carbocycles. The molecule has 0 amide bonds. The summed E-state index contributed by atoms with van der Waals surface area (Å²) in [6.45, 7) is 0. The van der Waals surface area contributed by atoms with E-state index in [1.54, 1.807) is 0 Å². The molecule has 1 aliphatic carbocycles. The number of fused-ring (bicyclic) bond motifs is 3. The summed E-state index contributed by atoms with van der Waals surface area (Å²) in [6, 6.07) is 12.8. The van der Waals surface area contributed by atoms with E-state index < -0.39 is 0 Å². The van der Waals surface area contributed by atoms with E-state index in [-0.39, 0.29) is 0 Å². The van der Waals surface area contributed by atoms with Crippen molar-refractivity contribution < 1.29 is 0 Å². The normalized spacial score (nSPS) is 17.6. The van der Waals surface area contributed by atoms with E-state index in [0.29, 0.717) is 0 Å². The van der Waals surface area contributed by atoms with Crippen molar-refractivity contribution in [3.05, 3.63) is 47.5 Å². The number of rotatable bonds is 0. The second-order valence-corrected chi connectivity index (χ2v) is 4.25. The molecule has 0 fully saturated rings. The van der Waals surface area contributed by atoms with E-state index in [0.717, 1.165) is 25.0 Å². The molecule has 0 heterocycles. The van der Waals surface area contributed by atoms with Gasteiger partial charge in [-0.15, -0.1) is 0 Å². The van der Waals surface area contributed by atoms with Crippen LogP contribution < -0.4 is 5.84 Å². The Hall–Kier alpha value is -1.83. The minimum Gasteiger partial charge on any atom is -0.323 e. The quantitative estimate of drug-likeness (QED) is 0.527. The van der Waals surface area contributed by atoms with Crippen LogP contribution in [0.5, 0.6) is 0 Å². The number of hydrazone groups is 1. The Morgan fingerprint density at radius 3 is 2.75 bits per heavy atom. The predicted octanol–water partition coefficient (Wildman–Crippen LogP) is 2.84. The molecule has 2 N–H and O–H groups in total. The Kier molecular flexibility index (Phi) is 2.13. The summed E-state index contributed by atoms with van der Waals surface area (Å²) < 4.78 is 0. The standard InChI is InChI=1S/C14H14N2/c15-16-13-7-3-5-11-9-8-10-4-1-2-6-12(10)14(11)13/h1-2,4,6,8-9H,3,5,7,15H2. The van der Waals surface area contributed by atoms with Gasteiger partial charge in [-0.3, -0.25) is 0 Å². The fraction of sp³-hybridized carbons (Fsp3) is 0.214. The Labute approximate surface area is 94.8 Å². The third kappa shape index (κ3) is 1.30. The summed E-state index contributed by atoms with van der Waals surface area (Å²) in [4.78, 5) is 0. The highest BCUT2D eigenvalue weighted by Gasteiger charge is 2.17. The molecule has 0 radical (unpaired) electrons. The van der Waals surface area contributed by atoms with Crippen LogP contribution in [0.25, 0.3) is 10.8 Å². The molecule has 0 aliphatic heterocycles. The average Bonchev–Trinajstić information content (AvgIpc) is 2.37. The van der Waals surface area contributed by atoms with Crippen LogP contribution in [0.15, 0.2) is 41.5 Å². The number of nitrogens with two attached hydrogens (primary N) is 1. The van der Waals surface area contributed by atoms with Crippen molar-refractivity contribution in [3.63, 3.8) is 0 Å². The van der Waals surface area contributed by atoms with E-state index in [1.165, 1.54) is 21.9 Å². The van der Waals surface area contributed by atoms with Crippen molar-refractivity contribution >= 4 is 16.5 Å². The zero-order chi connectivity index (χ0) is 11.0. The van der Waals surface area contributed by atoms with Crippen molar-refractivity contribution in [2.24, 2.45) is 10.9 Å². The molecule has 2 nitrogen and oxygen atoms in total. The SMILES string of the molecule is NN=C1CCCc2ccc3ccccc3c21. The molecule has 0 saturated heterocycles. The summed E-state index contributed by atoms with van der Waals surface area (Å²) >= 11 is 0. The molecule has 2 heteroatoms. The second-order valence-electron chi connectivity index (χ2n) is 4.25. The van der Waals surface area contributed by atoms with Crippen LogP contribution in [0.3, 0.4) is 0 Å². The highest BCUT2D eigenvalue weighted by molar-refractivity contribution is 6.12. The smallest absolute Gasteiger partial charge is 0.0681 e. The minimum absolute atomic E-state index is 0.998. The molecule has 0 aromatic heterocycles. The van der Waals surface area contributed by atoms with Gasteiger partial charge in [0.25, 0.3) is 0 Å². The first-order valence-corrected chi connectivity index (χ1v) is 5.68. The lowest BCUT2D eigenvalue weighted by Gasteiger charge is -2.19. The Morgan fingerprint density at radius 2 is 1.88 bits per heavy atom. The number of benzene rings is 2. The third-order valence-corrected chi connectivity index (χ3v) is 3.32. The lowest BCUT2D eigenvalue weighted by molar-refractivity contribution is 0.837. The van der Waals surface area contributed by atoms with Gasteiger partial charge < -0.3 is 5.84 Å². The first-order valence-electron chi connectivity index (χ1n) is 5.68. The third-order valence-electron chi connectivity index (χ3n) is 3.32. The van der Waals surface area contributed by atoms with Crippen LogP contribution in [0.2, 0.25) is 0 Å². The molecular weight excluding hydrogens is 196 g/mol. The Balaban J connectivity index is 2.39. The lowest BCUT2D eigenvalue weighted by Crippen LogP contribution is -2.14. The van der Waals surface area contributed by atoms with E-state index in [2.05, 4.69) is 41.5 Å². The first-order chi connectivity index (χ1) is 7.90. The molecule has 2 aromatic rings. The van der Waals surface area contributed by atoms with Gasteiger partial charge in [0.1, 0.15) is 0 Å². The summed E-state index contributed by atoms with van der Waals surface area (Å²) in [5.74, 6) is 5.50. The number of hydrogen-bond acceptors (Lipinski definition) is 2. The van der Waals surface area contributed by atoms with Crippen LogP contribution in [0, 0.1) is 0 Å². The maximum Gasteiger partial charge on any atom is 0.0681 e. The van der Waals surface area contributed by atoms with Crippen LogP contribution >= 0.6 is 0 Å². The molecule has 0 unspecified atom stereocenters. The molecule has 1 aliphatic rings. The summed E-state index contributed by atoms with van der Waals surface area (Å²) in [5.41, 5.74) is 3.71. The number of hydrogen-bond donors (Lipinski definition) is 1. The summed E-state index contributed by atoms with van der Waals surface area (Å²) in [7, 11) is 0. The molecule has 0 spiro atoms. The largest absolute Gasteiger partial charge is 0.323 e. The number of aryl methyl sites for hydroxylation is 1. The fourth-order valence-electron chi connectivity index (χ4n) is 2.57. The topological polar surface area (TPSA) is 38.4 Å². The molecule has 0 bridgehead atoms. The van der Waals surface area contributed by atoms with Gasteiger partial charge in [0, 0.05) is 5.56 Å². The fourth-order valence-corrected chi connectivity index (χ4v) is 2.57. The van der Waals surface area contributed by atoms with Crippen LogP contribution in [-0.2, 0) is 6.42 Å². The Bertz CT molecular complexity index is 570. The van der Waals surface area contributed by atoms with Gasteiger partial charge >= 0.3 is 0 Å². The molecular formula is C14H14N2. The Morgan fingerprint density at radius 1 is 1.00 bits per heavy atom. The second kappa shape index (κ2) is 3.63. The lowest BCUT2D eigenvalue weighted by atomic mass is 9.86. The predicted molar refractivity (Wildman–Crippen MR) is 67.6 cm³/mol. The van der Waals surface area contributed by atoms with Crippen molar-refractivity contribution in [1.29, 1.82) is 0 Å². The zero-order valence-electron chi connectivity index (χ0n) is 9.11. The van der Waals surface area contributed by atoms with Gasteiger partial charge in [-0.2, -0.15) is 5.10 Å². The van der Waals surface area contributed by atoms with E-state index in [1.807, 2.05) is 0 Å². The number of nitrogens with zero attached hydrogens (tertiary/aromatic N) is 1. The van der Waals surface area contributed by atoms with Crippen molar-refractivity contribution in [2.45, 2.75) is 19.3 Å².